The van der Waals surface area contributed by atoms with Gasteiger partial charge in [0.25, 0.3) is 11.8 Å². The summed E-state index contributed by atoms with van der Waals surface area (Å²) in [6.07, 6.45) is 0.875. The number of amides is 2. The number of hydrogen-bond acceptors (Lipinski definition) is 5. The van der Waals surface area contributed by atoms with E-state index in [1.165, 1.54) is 16.2 Å². The molecule has 5 nitrogen and oxygen atoms in total. The number of nitrogens with one attached hydrogen (secondary N) is 1. The molecule has 4 rings (SSSR count). The Bertz CT molecular complexity index is 1170. The van der Waals surface area contributed by atoms with Crippen molar-refractivity contribution in [3.05, 3.63) is 81.7 Å². The highest BCUT2D eigenvalue weighted by Crippen LogP contribution is 2.37. The van der Waals surface area contributed by atoms with Gasteiger partial charge in [-0.25, -0.2) is 4.90 Å². The van der Waals surface area contributed by atoms with E-state index in [9.17, 15) is 9.59 Å². The first-order valence-corrected chi connectivity index (χ1v) is 11.1. The summed E-state index contributed by atoms with van der Waals surface area (Å²) in [5.41, 5.74) is 4.14. The summed E-state index contributed by atoms with van der Waals surface area (Å²) in [5.74, 6) is -0.0802. The van der Waals surface area contributed by atoms with Crippen LogP contribution in [0.15, 0.2) is 65.7 Å². The fourth-order valence-electron chi connectivity index (χ4n) is 3.48. The Morgan fingerprint density at radius 3 is 2.55 bits per heavy atom. The molecule has 1 aliphatic heterocycles. The van der Waals surface area contributed by atoms with Crippen molar-refractivity contribution in [2.24, 2.45) is 0 Å². The van der Waals surface area contributed by atoms with Gasteiger partial charge >= 0.3 is 0 Å². The lowest BCUT2D eigenvalue weighted by atomic mass is 10.1. The number of carbonyl (C=O) groups is 2. The maximum atomic E-state index is 13.5. The molecule has 0 bridgehead atoms. The zero-order valence-electron chi connectivity index (χ0n) is 17.8. The molecule has 0 saturated carbocycles. The van der Waals surface area contributed by atoms with E-state index in [4.69, 9.17) is 4.74 Å². The minimum absolute atomic E-state index is 0.293. The molecular weight excluding hydrogens is 408 g/mol. The van der Waals surface area contributed by atoms with Gasteiger partial charge in [-0.15, -0.1) is 11.3 Å². The fraction of sp³-hybridized carbons (Fsp3) is 0.200. The number of rotatable bonds is 7. The van der Waals surface area contributed by atoms with Gasteiger partial charge < -0.3 is 10.1 Å². The molecule has 0 unspecified atom stereocenters. The van der Waals surface area contributed by atoms with E-state index in [1.807, 2.05) is 62.5 Å². The molecular formula is C25H24N2O3S. The van der Waals surface area contributed by atoms with Crippen LogP contribution in [0.4, 0.5) is 11.4 Å². The fourth-order valence-corrected chi connectivity index (χ4v) is 4.25. The van der Waals surface area contributed by atoms with Gasteiger partial charge in [-0.1, -0.05) is 31.2 Å². The molecule has 3 aromatic rings. The van der Waals surface area contributed by atoms with Crippen molar-refractivity contribution in [1.29, 1.82) is 0 Å². The number of benzene rings is 2. The predicted octanol–water partition coefficient (Wildman–Crippen LogP) is 5.55. The largest absolute Gasteiger partial charge is 0.494 e. The van der Waals surface area contributed by atoms with Crippen LogP contribution in [-0.2, 0) is 9.59 Å². The zero-order chi connectivity index (χ0) is 22.0. The second-order valence-corrected chi connectivity index (χ2v) is 8.34. The van der Waals surface area contributed by atoms with E-state index in [-0.39, 0.29) is 11.8 Å². The van der Waals surface area contributed by atoms with Crippen molar-refractivity contribution in [1.82, 2.24) is 0 Å². The van der Waals surface area contributed by atoms with Gasteiger partial charge in [0.15, 0.2) is 0 Å². The van der Waals surface area contributed by atoms with Crippen LogP contribution >= 0.6 is 11.3 Å². The van der Waals surface area contributed by atoms with Crippen LogP contribution < -0.4 is 15.0 Å². The second-order valence-electron chi connectivity index (χ2n) is 7.39. The van der Waals surface area contributed by atoms with E-state index in [1.54, 1.807) is 18.2 Å². The van der Waals surface area contributed by atoms with Crippen molar-refractivity contribution < 1.29 is 14.3 Å². The predicted molar refractivity (Wildman–Crippen MR) is 125 cm³/mol. The highest BCUT2D eigenvalue weighted by molar-refractivity contribution is 7.11. The lowest BCUT2D eigenvalue weighted by molar-refractivity contribution is -0.120. The average Bonchev–Trinajstić information content (AvgIpc) is 3.37. The summed E-state index contributed by atoms with van der Waals surface area (Å²) in [6, 6.07) is 16.7. The van der Waals surface area contributed by atoms with E-state index in [2.05, 4.69) is 5.32 Å². The number of hydrogen-bond donors (Lipinski definition) is 1. The van der Waals surface area contributed by atoms with Gasteiger partial charge in [0.2, 0.25) is 0 Å². The monoisotopic (exact) mass is 432 g/mol. The number of carbonyl (C=O) groups excluding carboxylic acids is 2. The average molecular weight is 433 g/mol. The number of nitrogens with zero attached hydrogens (tertiary/aromatic N) is 1. The van der Waals surface area contributed by atoms with Gasteiger partial charge in [0.1, 0.15) is 11.4 Å². The smallest absolute Gasteiger partial charge is 0.282 e. The topological polar surface area (TPSA) is 58.6 Å². The molecule has 1 aromatic heterocycles. The molecule has 158 valence electrons. The van der Waals surface area contributed by atoms with Crippen molar-refractivity contribution in [3.8, 4) is 5.75 Å². The molecule has 0 radical (unpaired) electrons. The molecule has 0 spiro atoms. The highest BCUT2D eigenvalue weighted by atomic mass is 32.1. The maximum absolute atomic E-state index is 13.5. The van der Waals surface area contributed by atoms with Crippen LogP contribution in [0.25, 0.3) is 5.57 Å². The summed E-state index contributed by atoms with van der Waals surface area (Å²) < 4.78 is 5.70. The Morgan fingerprint density at radius 1 is 1.00 bits per heavy atom. The molecule has 6 heteroatoms. The van der Waals surface area contributed by atoms with Crippen LogP contribution in [0, 0.1) is 13.8 Å². The van der Waals surface area contributed by atoms with Crippen LogP contribution in [0.3, 0.4) is 0 Å². The third-order valence-electron chi connectivity index (χ3n) is 5.26. The number of ether oxygens (including phenoxy) is 1. The minimum atomic E-state index is -0.373. The first-order chi connectivity index (χ1) is 15.0. The van der Waals surface area contributed by atoms with Crippen molar-refractivity contribution in [2.45, 2.75) is 27.2 Å². The quantitative estimate of drug-likeness (QED) is 0.497. The summed E-state index contributed by atoms with van der Waals surface area (Å²) in [4.78, 5) is 28.9. The molecule has 1 N–H and O–H groups in total. The van der Waals surface area contributed by atoms with Crippen LogP contribution in [0.5, 0.6) is 5.75 Å². The molecule has 0 atom stereocenters. The number of thiophene rings is 1. The molecule has 31 heavy (non-hydrogen) atoms. The minimum Gasteiger partial charge on any atom is -0.494 e. The zero-order valence-corrected chi connectivity index (χ0v) is 18.6. The summed E-state index contributed by atoms with van der Waals surface area (Å²) in [6.45, 7) is 6.62. The standard InChI is InChI=1S/C25H24N2O3S/c1-4-13-30-19-10-6-9-18(15-19)27-24(28)22(21-12-7-14-31-21)23(25(27)29)26-20-11-5-8-16(2)17(20)3/h5-12,14-15,26H,4,13H2,1-3H3. The van der Waals surface area contributed by atoms with E-state index < -0.39 is 0 Å². The molecule has 0 saturated heterocycles. The van der Waals surface area contributed by atoms with Crippen LogP contribution in [0.2, 0.25) is 0 Å². The number of anilines is 2. The van der Waals surface area contributed by atoms with Crippen molar-refractivity contribution in [2.75, 3.05) is 16.8 Å². The van der Waals surface area contributed by atoms with Gasteiger partial charge in [0.05, 0.1) is 17.9 Å². The van der Waals surface area contributed by atoms with Crippen molar-refractivity contribution >= 4 is 40.1 Å². The third kappa shape index (κ3) is 3.99. The second kappa shape index (κ2) is 8.78. The summed E-state index contributed by atoms with van der Waals surface area (Å²) in [5, 5.41) is 5.16. The van der Waals surface area contributed by atoms with Gasteiger partial charge in [-0.05, 0) is 61.0 Å². The first-order valence-electron chi connectivity index (χ1n) is 10.2. The lowest BCUT2D eigenvalue weighted by Crippen LogP contribution is -2.32. The normalized spacial score (nSPS) is 13.8. The van der Waals surface area contributed by atoms with Gasteiger partial charge in [-0.2, -0.15) is 0 Å². The Kier molecular flexibility index (Phi) is 5.91. The Hall–Kier alpha value is -3.38. The summed E-state index contributed by atoms with van der Waals surface area (Å²) >= 11 is 1.44. The van der Waals surface area contributed by atoms with Crippen LogP contribution in [-0.4, -0.2) is 18.4 Å². The third-order valence-corrected chi connectivity index (χ3v) is 6.15. The van der Waals surface area contributed by atoms with E-state index >= 15 is 0 Å². The molecule has 0 aliphatic carbocycles. The molecule has 0 fully saturated rings. The summed E-state index contributed by atoms with van der Waals surface area (Å²) in [7, 11) is 0. The number of imide groups is 1. The van der Waals surface area contributed by atoms with E-state index in [0.717, 1.165) is 28.1 Å². The first kappa shape index (κ1) is 20.9. The maximum Gasteiger partial charge on any atom is 0.282 e. The Balaban J connectivity index is 1.76. The van der Waals surface area contributed by atoms with E-state index in [0.29, 0.717) is 29.3 Å². The SMILES string of the molecule is CCCOc1cccc(N2C(=O)C(Nc3cccc(C)c3C)=C(c3cccs3)C2=O)c1. The van der Waals surface area contributed by atoms with Gasteiger partial charge in [0, 0.05) is 16.6 Å². The highest BCUT2D eigenvalue weighted by Gasteiger charge is 2.41. The molecule has 2 aromatic carbocycles. The molecule has 2 heterocycles. The van der Waals surface area contributed by atoms with Crippen molar-refractivity contribution in [3.63, 3.8) is 0 Å². The van der Waals surface area contributed by atoms with Crippen LogP contribution in [0.1, 0.15) is 29.3 Å². The Morgan fingerprint density at radius 2 is 1.81 bits per heavy atom. The molecule has 2 amide bonds. The number of aryl methyl sites for hydroxylation is 1. The molecule has 1 aliphatic rings. The Labute approximate surface area is 186 Å². The lowest BCUT2D eigenvalue weighted by Gasteiger charge is -2.17. The van der Waals surface area contributed by atoms with Gasteiger partial charge in [-0.3, -0.25) is 9.59 Å².